The van der Waals surface area contributed by atoms with Crippen LogP contribution in [0.5, 0.6) is 0 Å². The maximum Gasteiger partial charge on any atom is 0.325 e. The minimum atomic E-state index is -0.601. The zero-order valence-corrected chi connectivity index (χ0v) is 12.0. The van der Waals surface area contributed by atoms with Gasteiger partial charge >= 0.3 is 11.6 Å². The third-order valence-corrected chi connectivity index (χ3v) is 3.19. The molecule has 0 fully saturated rings. The molecule has 3 aromatic rings. The van der Waals surface area contributed by atoms with E-state index in [0.29, 0.717) is 11.3 Å². The Balaban J connectivity index is 1.79. The number of aromatic amines is 2. The van der Waals surface area contributed by atoms with E-state index in [1.165, 1.54) is 0 Å². The molecule has 0 aliphatic carbocycles. The van der Waals surface area contributed by atoms with E-state index in [9.17, 15) is 14.4 Å². The zero-order valence-electron chi connectivity index (χ0n) is 12.0. The Morgan fingerprint density at radius 1 is 1.26 bits per heavy atom. The minimum absolute atomic E-state index is 0.107. The molecular formula is C15H12N4O4. The van der Waals surface area contributed by atoms with Crippen molar-refractivity contribution in [1.29, 1.82) is 0 Å². The molecule has 0 radical (unpaired) electrons. The molecule has 0 aliphatic heterocycles. The molecule has 0 spiro atoms. The molecule has 8 heteroatoms. The molecule has 2 aromatic heterocycles. The number of furan rings is 1. The summed E-state index contributed by atoms with van der Waals surface area (Å²) in [5.41, 5.74) is 2.17. The van der Waals surface area contributed by atoms with E-state index in [2.05, 4.69) is 20.5 Å². The fraction of sp³-hybridized carbons (Fsp3) is 0.0667. The molecule has 0 saturated heterocycles. The normalized spacial score (nSPS) is 11.2. The zero-order chi connectivity index (χ0) is 16.4. The first-order chi connectivity index (χ1) is 11.0. The van der Waals surface area contributed by atoms with Crippen LogP contribution in [0.1, 0.15) is 21.8 Å². The number of amides is 1. The highest BCUT2D eigenvalue weighted by Crippen LogP contribution is 2.18. The monoisotopic (exact) mass is 312 g/mol. The van der Waals surface area contributed by atoms with Gasteiger partial charge in [-0.15, -0.1) is 0 Å². The van der Waals surface area contributed by atoms with Crippen molar-refractivity contribution < 1.29 is 9.21 Å². The van der Waals surface area contributed by atoms with Gasteiger partial charge in [0.1, 0.15) is 5.58 Å². The summed E-state index contributed by atoms with van der Waals surface area (Å²) < 4.78 is 5.39. The van der Waals surface area contributed by atoms with Crippen molar-refractivity contribution in [2.24, 2.45) is 5.10 Å². The first-order valence-electron chi connectivity index (χ1n) is 6.70. The quantitative estimate of drug-likeness (QED) is 0.491. The third kappa shape index (κ3) is 2.95. The molecule has 2 heterocycles. The number of hydrogen-bond donors (Lipinski definition) is 3. The van der Waals surface area contributed by atoms with Crippen molar-refractivity contribution in [3.8, 4) is 0 Å². The van der Waals surface area contributed by atoms with E-state index in [1.54, 1.807) is 25.1 Å². The predicted octanol–water partition coefficient (Wildman–Crippen LogP) is 0.882. The molecule has 0 atom stereocenters. The second kappa shape index (κ2) is 5.76. The Morgan fingerprint density at radius 2 is 2.04 bits per heavy atom. The van der Waals surface area contributed by atoms with Crippen LogP contribution in [-0.2, 0) is 0 Å². The standard InChI is InChI=1S/C15H12N4O4/c1-8-10(13(20)18-15(22)17-8)7-16-19-14(21)12-6-9-4-2-3-5-11(9)23-12/h2-7H,1H3,(H,19,21)(H2,17,18,20,22). The molecule has 3 rings (SSSR count). The Bertz CT molecular complexity index is 993. The maximum atomic E-state index is 12.0. The number of carbonyl (C=O) groups is 1. The van der Waals surface area contributed by atoms with Crippen molar-refractivity contribution in [1.82, 2.24) is 15.4 Å². The minimum Gasteiger partial charge on any atom is -0.451 e. The van der Waals surface area contributed by atoms with Crippen molar-refractivity contribution in [2.75, 3.05) is 0 Å². The molecule has 23 heavy (non-hydrogen) atoms. The van der Waals surface area contributed by atoms with Crippen LogP contribution in [0.15, 0.2) is 49.4 Å². The number of aromatic nitrogens is 2. The fourth-order valence-electron chi connectivity index (χ4n) is 2.07. The summed E-state index contributed by atoms with van der Waals surface area (Å²) in [5.74, 6) is -0.439. The van der Waals surface area contributed by atoms with Crippen LogP contribution >= 0.6 is 0 Å². The number of carbonyl (C=O) groups excluding carboxylic acids is 1. The number of hydrogen-bond acceptors (Lipinski definition) is 5. The summed E-state index contributed by atoms with van der Waals surface area (Å²) in [6.45, 7) is 1.55. The van der Waals surface area contributed by atoms with Crippen molar-refractivity contribution >= 4 is 23.1 Å². The van der Waals surface area contributed by atoms with Gasteiger partial charge in [-0.05, 0) is 19.1 Å². The van der Waals surface area contributed by atoms with Gasteiger partial charge in [0.15, 0.2) is 5.76 Å². The first kappa shape index (κ1) is 14.5. The van der Waals surface area contributed by atoms with Gasteiger partial charge < -0.3 is 9.40 Å². The number of rotatable bonds is 3. The highest BCUT2D eigenvalue weighted by Gasteiger charge is 2.11. The molecule has 1 aromatic carbocycles. The lowest BCUT2D eigenvalue weighted by Crippen LogP contribution is -2.27. The summed E-state index contributed by atoms with van der Waals surface area (Å²) in [4.78, 5) is 39.2. The highest BCUT2D eigenvalue weighted by molar-refractivity contribution is 5.96. The molecule has 116 valence electrons. The summed E-state index contributed by atoms with van der Waals surface area (Å²) >= 11 is 0. The molecule has 0 aliphatic rings. The number of hydrazone groups is 1. The number of aryl methyl sites for hydroxylation is 1. The molecule has 0 bridgehead atoms. The van der Waals surface area contributed by atoms with Crippen molar-refractivity contribution in [3.63, 3.8) is 0 Å². The van der Waals surface area contributed by atoms with Gasteiger partial charge in [0.25, 0.3) is 5.56 Å². The molecule has 8 nitrogen and oxygen atoms in total. The smallest absolute Gasteiger partial charge is 0.325 e. The topological polar surface area (TPSA) is 120 Å². The van der Waals surface area contributed by atoms with Gasteiger partial charge in [-0.25, -0.2) is 10.2 Å². The van der Waals surface area contributed by atoms with Crippen LogP contribution in [0.2, 0.25) is 0 Å². The number of nitrogens with zero attached hydrogens (tertiary/aromatic N) is 1. The van der Waals surface area contributed by atoms with Crippen LogP contribution in [-0.4, -0.2) is 22.1 Å². The van der Waals surface area contributed by atoms with Gasteiger partial charge in [0, 0.05) is 11.1 Å². The van der Waals surface area contributed by atoms with Crippen molar-refractivity contribution in [2.45, 2.75) is 6.92 Å². The molecule has 3 N–H and O–H groups in total. The average Bonchev–Trinajstić information content (AvgIpc) is 2.93. The Kier molecular flexibility index (Phi) is 3.63. The Labute approximate surface area is 128 Å². The van der Waals surface area contributed by atoms with Crippen LogP contribution in [0.3, 0.4) is 0 Å². The van der Waals surface area contributed by atoms with E-state index in [4.69, 9.17) is 4.42 Å². The number of benzene rings is 1. The van der Waals surface area contributed by atoms with Gasteiger partial charge in [-0.1, -0.05) is 18.2 Å². The van der Waals surface area contributed by atoms with Crippen LogP contribution in [0.25, 0.3) is 11.0 Å². The lowest BCUT2D eigenvalue weighted by Gasteiger charge is -1.98. The number of H-pyrrole nitrogens is 2. The highest BCUT2D eigenvalue weighted by atomic mass is 16.3. The summed E-state index contributed by atoms with van der Waals surface area (Å²) in [6, 6.07) is 8.80. The van der Waals surface area contributed by atoms with E-state index in [-0.39, 0.29) is 11.3 Å². The number of nitrogens with one attached hydrogen (secondary N) is 3. The second-order valence-electron chi connectivity index (χ2n) is 4.79. The second-order valence-corrected chi connectivity index (χ2v) is 4.79. The number of para-hydroxylation sites is 1. The Morgan fingerprint density at radius 3 is 2.78 bits per heavy atom. The maximum absolute atomic E-state index is 12.0. The predicted molar refractivity (Wildman–Crippen MR) is 83.7 cm³/mol. The third-order valence-electron chi connectivity index (χ3n) is 3.19. The summed E-state index contributed by atoms with van der Waals surface area (Å²) in [5, 5.41) is 4.51. The molecule has 1 amide bonds. The van der Waals surface area contributed by atoms with Gasteiger partial charge in [-0.2, -0.15) is 5.10 Å². The number of fused-ring (bicyclic) bond motifs is 1. The molecule has 0 unspecified atom stereocenters. The van der Waals surface area contributed by atoms with Crippen LogP contribution < -0.4 is 16.7 Å². The average molecular weight is 312 g/mol. The lowest BCUT2D eigenvalue weighted by atomic mass is 10.2. The van der Waals surface area contributed by atoms with Gasteiger partial charge in [0.05, 0.1) is 11.8 Å². The fourth-order valence-corrected chi connectivity index (χ4v) is 2.07. The first-order valence-corrected chi connectivity index (χ1v) is 6.70. The van der Waals surface area contributed by atoms with Gasteiger partial charge in [0.2, 0.25) is 0 Å². The van der Waals surface area contributed by atoms with Crippen LogP contribution in [0, 0.1) is 6.92 Å². The van der Waals surface area contributed by atoms with E-state index >= 15 is 0 Å². The van der Waals surface area contributed by atoms with Crippen LogP contribution in [0.4, 0.5) is 0 Å². The van der Waals surface area contributed by atoms with E-state index in [1.807, 2.05) is 12.1 Å². The van der Waals surface area contributed by atoms with E-state index < -0.39 is 17.2 Å². The summed E-state index contributed by atoms with van der Waals surface area (Å²) in [6.07, 6.45) is 1.16. The van der Waals surface area contributed by atoms with Gasteiger partial charge in [-0.3, -0.25) is 14.6 Å². The largest absolute Gasteiger partial charge is 0.451 e. The lowest BCUT2D eigenvalue weighted by molar-refractivity contribution is 0.0929. The van der Waals surface area contributed by atoms with Crippen molar-refractivity contribution in [3.05, 3.63) is 68.2 Å². The molecular weight excluding hydrogens is 300 g/mol. The molecule has 0 saturated carbocycles. The Hall–Kier alpha value is -3.42. The van der Waals surface area contributed by atoms with E-state index in [0.717, 1.165) is 11.6 Å². The SMILES string of the molecule is Cc1[nH]c(=O)[nH]c(=O)c1C=NNC(=O)c1cc2ccccc2o1. The summed E-state index contributed by atoms with van der Waals surface area (Å²) in [7, 11) is 0.